The Labute approximate surface area is 98.1 Å². The fraction of sp³-hybridized carbons (Fsp3) is 0.333. The highest BCUT2D eigenvalue weighted by Crippen LogP contribution is 2.18. The van der Waals surface area contributed by atoms with Gasteiger partial charge < -0.3 is 5.11 Å². The normalized spacial score (nSPS) is 19.2. The summed E-state index contributed by atoms with van der Waals surface area (Å²) < 4.78 is 1.44. The maximum Gasteiger partial charge on any atom is 0.310 e. The van der Waals surface area contributed by atoms with Gasteiger partial charge in [0.05, 0.1) is 11.6 Å². The van der Waals surface area contributed by atoms with Crippen LogP contribution in [-0.2, 0) is 4.79 Å². The molecule has 0 bridgehead atoms. The zero-order chi connectivity index (χ0) is 12.6. The maximum absolute atomic E-state index is 11.8. The molecule has 5 heteroatoms. The Hall–Kier alpha value is -2.04. The molecule has 0 amide bonds. The molecule has 0 spiro atoms. The number of nitrogens with one attached hydrogen (secondary N) is 1. The minimum absolute atomic E-state index is 0.0906. The molecule has 1 aliphatic rings. The summed E-state index contributed by atoms with van der Waals surface area (Å²) in [5.74, 6) is -1.34. The van der Waals surface area contributed by atoms with Crippen molar-refractivity contribution in [2.75, 3.05) is 0 Å². The van der Waals surface area contributed by atoms with Crippen molar-refractivity contribution in [3.63, 3.8) is 0 Å². The SMILES string of the molecule is Cc1[nH]n(C2=CCC(C(=O)O)C=C2)c(=O)c1C. The fourth-order valence-electron chi connectivity index (χ4n) is 1.77. The summed E-state index contributed by atoms with van der Waals surface area (Å²) in [7, 11) is 0. The van der Waals surface area contributed by atoms with Crippen molar-refractivity contribution in [2.24, 2.45) is 5.92 Å². The van der Waals surface area contributed by atoms with E-state index in [1.807, 2.05) is 6.92 Å². The van der Waals surface area contributed by atoms with Gasteiger partial charge in [-0.25, -0.2) is 4.68 Å². The summed E-state index contributed by atoms with van der Waals surface area (Å²) in [4.78, 5) is 22.6. The molecule has 1 aliphatic carbocycles. The van der Waals surface area contributed by atoms with Gasteiger partial charge in [-0.2, -0.15) is 0 Å². The van der Waals surface area contributed by atoms with Crippen molar-refractivity contribution in [1.82, 2.24) is 9.78 Å². The summed E-state index contributed by atoms with van der Waals surface area (Å²) in [6.07, 6.45) is 5.44. The standard InChI is InChI=1S/C12H14N2O3/c1-7-8(2)13-14(11(7)15)10-5-3-9(4-6-10)12(16)17/h3,5-6,9,13H,4H2,1-2H3,(H,16,17). The van der Waals surface area contributed by atoms with Crippen LogP contribution < -0.4 is 5.56 Å². The third-order valence-corrected chi connectivity index (χ3v) is 3.02. The molecule has 90 valence electrons. The number of hydrogen-bond acceptors (Lipinski definition) is 2. The van der Waals surface area contributed by atoms with E-state index in [0.717, 1.165) is 5.69 Å². The van der Waals surface area contributed by atoms with Crippen molar-refractivity contribution < 1.29 is 9.90 Å². The van der Waals surface area contributed by atoms with E-state index in [-0.39, 0.29) is 5.56 Å². The molecule has 17 heavy (non-hydrogen) atoms. The van der Waals surface area contributed by atoms with E-state index in [2.05, 4.69) is 5.10 Å². The predicted octanol–water partition coefficient (Wildman–Crippen LogP) is 1.29. The van der Waals surface area contributed by atoms with Gasteiger partial charge in [-0.1, -0.05) is 12.2 Å². The van der Waals surface area contributed by atoms with Crippen molar-refractivity contribution in [3.8, 4) is 0 Å². The van der Waals surface area contributed by atoms with Crippen LogP contribution in [0.25, 0.3) is 5.70 Å². The van der Waals surface area contributed by atoms with E-state index in [0.29, 0.717) is 17.7 Å². The van der Waals surface area contributed by atoms with E-state index in [1.54, 1.807) is 25.2 Å². The summed E-state index contributed by atoms with van der Waals surface area (Å²) in [5, 5.41) is 11.8. The molecule has 0 radical (unpaired) electrons. The number of aromatic nitrogens is 2. The third kappa shape index (κ3) is 1.95. The van der Waals surface area contributed by atoms with Gasteiger partial charge >= 0.3 is 5.97 Å². The number of aliphatic carboxylic acids is 1. The van der Waals surface area contributed by atoms with Crippen LogP contribution in [0.5, 0.6) is 0 Å². The van der Waals surface area contributed by atoms with E-state index in [4.69, 9.17) is 5.11 Å². The summed E-state index contributed by atoms with van der Waals surface area (Å²) in [5.41, 5.74) is 2.11. The van der Waals surface area contributed by atoms with Crippen LogP contribution in [0.2, 0.25) is 0 Å². The Morgan fingerprint density at radius 3 is 2.65 bits per heavy atom. The number of aryl methyl sites for hydroxylation is 1. The minimum atomic E-state index is -0.845. The van der Waals surface area contributed by atoms with Crippen molar-refractivity contribution in [1.29, 1.82) is 0 Å². The molecule has 1 aromatic heterocycles. The molecule has 5 nitrogen and oxygen atoms in total. The average molecular weight is 234 g/mol. The Balaban J connectivity index is 2.33. The Morgan fingerprint density at radius 1 is 1.53 bits per heavy atom. The van der Waals surface area contributed by atoms with Crippen LogP contribution in [0.4, 0.5) is 0 Å². The molecule has 1 aromatic rings. The lowest BCUT2D eigenvalue weighted by Gasteiger charge is -2.12. The second-order valence-electron chi connectivity index (χ2n) is 4.17. The van der Waals surface area contributed by atoms with Crippen molar-refractivity contribution in [3.05, 3.63) is 39.8 Å². The molecular weight excluding hydrogens is 220 g/mol. The van der Waals surface area contributed by atoms with Crippen LogP contribution in [0.3, 0.4) is 0 Å². The molecule has 2 N–H and O–H groups in total. The number of allylic oxidation sites excluding steroid dienone is 3. The molecule has 0 aliphatic heterocycles. The van der Waals surface area contributed by atoms with Crippen LogP contribution in [0.15, 0.2) is 23.0 Å². The van der Waals surface area contributed by atoms with Crippen LogP contribution in [0.1, 0.15) is 17.7 Å². The monoisotopic (exact) mass is 234 g/mol. The molecule has 1 unspecified atom stereocenters. The van der Waals surface area contributed by atoms with Gasteiger partial charge in [0.15, 0.2) is 0 Å². The second-order valence-corrected chi connectivity index (χ2v) is 4.17. The first-order chi connectivity index (χ1) is 8.00. The summed E-state index contributed by atoms with van der Waals surface area (Å²) in [6, 6.07) is 0. The Bertz CT molecular complexity index is 575. The third-order valence-electron chi connectivity index (χ3n) is 3.02. The lowest BCUT2D eigenvalue weighted by atomic mass is 10.00. The van der Waals surface area contributed by atoms with Gasteiger partial charge in [-0.05, 0) is 26.3 Å². The molecule has 0 fully saturated rings. The minimum Gasteiger partial charge on any atom is -0.481 e. The predicted molar refractivity (Wildman–Crippen MR) is 63.7 cm³/mol. The smallest absolute Gasteiger partial charge is 0.310 e. The van der Waals surface area contributed by atoms with Crippen LogP contribution in [0, 0.1) is 19.8 Å². The molecule has 1 atom stereocenters. The van der Waals surface area contributed by atoms with Gasteiger partial charge in [0.1, 0.15) is 0 Å². The van der Waals surface area contributed by atoms with Crippen LogP contribution >= 0.6 is 0 Å². The molecule has 0 saturated carbocycles. The van der Waals surface area contributed by atoms with Crippen molar-refractivity contribution in [2.45, 2.75) is 20.3 Å². The molecule has 0 aromatic carbocycles. The Kier molecular flexibility index (Phi) is 2.75. The maximum atomic E-state index is 11.8. The number of carboxylic acids is 1. The largest absolute Gasteiger partial charge is 0.481 e. The number of H-pyrrole nitrogens is 1. The highest BCUT2D eigenvalue weighted by Gasteiger charge is 2.17. The number of hydrogen-bond donors (Lipinski definition) is 2. The van der Waals surface area contributed by atoms with E-state index in [9.17, 15) is 9.59 Å². The topological polar surface area (TPSA) is 75.1 Å². The molecule has 0 saturated heterocycles. The number of carboxylic acid groups (broad SMARTS) is 1. The van der Waals surface area contributed by atoms with Gasteiger partial charge in [-0.15, -0.1) is 0 Å². The quantitative estimate of drug-likeness (QED) is 0.809. The van der Waals surface area contributed by atoms with Gasteiger partial charge in [0.2, 0.25) is 0 Å². The zero-order valence-corrected chi connectivity index (χ0v) is 9.73. The second kappa shape index (κ2) is 4.08. The van der Waals surface area contributed by atoms with Gasteiger partial charge in [0.25, 0.3) is 5.56 Å². The number of rotatable bonds is 2. The first-order valence-corrected chi connectivity index (χ1v) is 5.40. The van der Waals surface area contributed by atoms with E-state index in [1.165, 1.54) is 4.68 Å². The van der Waals surface area contributed by atoms with Crippen molar-refractivity contribution >= 4 is 11.7 Å². The molecular formula is C12H14N2O3. The van der Waals surface area contributed by atoms with Gasteiger partial charge in [0, 0.05) is 11.3 Å². The van der Waals surface area contributed by atoms with E-state index < -0.39 is 11.9 Å². The highest BCUT2D eigenvalue weighted by molar-refractivity contribution is 5.75. The Morgan fingerprint density at radius 2 is 2.24 bits per heavy atom. The molecule has 1 heterocycles. The lowest BCUT2D eigenvalue weighted by molar-refractivity contribution is -0.139. The number of nitrogens with zero attached hydrogens (tertiary/aromatic N) is 1. The highest BCUT2D eigenvalue weighted by atomic mass is 16.4. The summed E-state index contributed by atoms with van der Waals surface area (Å²) in [6.45, 7) is 3.60. The van der Waals surface area contributed by atoms with Crippen LogP contribution in [-0.4, -0.2) is 20.9 Å². The lowest BCUT2D eigenvalue weighted by Crippen LogP contribution is -2.19. The average Bonchev–Trinajstić information content (AvgIpc) is 2.57. The summed E-state index contributed by atoms with van der Waals surface area (Å²) >= 11 is 0. The fourth-order valence-corrected chi connectivity index (χ4v) is 1.77. The van der Waals surface area contributed by atoms with Gasteiger partial charge in [-0.3, -0.25) is 14.7 Å². The number of aromatic amines is 1. The first-order valence-electron chi connectivity index (χ1n) is 5.40. The molecule has 2 rings (SSSR count). The number of carbonyl (C=O) groups is 1. The zero-order valence-electron chi connectivity index (χ0n) is 9.73. The van der Waals surface area contributed by atoms with E-state index >= 15 is 0 Å². The first kappa shape index (κ1) is 11.4.